The number of piperidine rings is 1. The van der Waals surface area contributed by atoms with Crippen molar-refractivity contribution in [2.45, 2.75) is 25.4 Å². The van der Waals surface area contributed by atoms with Crippen molar-refractivity contribution in [2.24, 2.45) is 0 Å². The zero-order chi connectivity index (χ0) is 11.4. The first kappa shape index (κ1) is 11.4. The van der Waals surface area contributed by atoms with Gasteiger partial charge < -0.3 is 15.2 Å². The van der Waals surface area contributed by atoms with Crippen LogP contribution in [0.4, 0.5) is 0 Å². The molecule has 16 heavy (non-hydrogen) atoms. The summed E-state index contributed by atoms with van der Waals surface area (Å²) in [6.45, 7) is 2.60. The second-order valence-electron chi connectivity index (χ2n) is 4.36. The van der Waals surface area contributed by atoms with Crippen molar-refractivity contribution in [3.8, 4) is 5.75 Å². The number of benzene rings is 1. The van der Waals surface area contributed by atoms with Gasteiger partial charge >= 0.3 is 0 Å². The van der Waals surface area contributed by atoms with Gasteiger partial charge in [-0.1, -0.05) is 12.1 Å². The smallest absolute Gasteiger partial charge is 0.121 e. The maximum atomic E-state index is 9.85. The summed E-state index contributed by atoms with van der Waals surface area (Å²) in [7, 11) is 1.64. The molecular weight excluding hydrogens is 202 g/mol. The Morgan fingerprint density at radius 1 is 1.50 bits per heavy atom. The summed E-state index contributed by atoms with van der Waals surface area (Å²) in [6.07, 6.45) is 2.42. The Morgan fingerprint density at radius 2 is 2.38 bits per heavy atom. The quantitative estimate of drug-likeness (QED) is 0.820. The summed E-state index contributed by atoms with van der Waals surface area (Å²) in [4.78, 5) is 0. The summed E-state index contributed by atoms with van der Waals surface area (Å²) in [5.74, 6) is 0.890. The van der Waals surface area contributed by atoms with Crippen molar-refractivity contribution in [3.05, 3.63) is 29.3 Å². The van der Waals surface area contributed by atoms with Gasteiger partial charge in [0.15, 0.2) is 0 Å². The normalized spacial score (nSPS) is 20.9. The van der Waals surface area contributed by atoms with Gasteiger partial charge in [0.05, 0.1) is 6.61 Å². The number of aromatic hydroxyl groups is 1. The van der Waals surface area contributed by atoms with Crippen LogP contribution in [0.15, 0.2) is 18.2 Å². The van der Waals surface area contributed by atoms with Gasteiger partial charge in [0.25, 0.3) is 0 Å². The van der Waals surface area contributed by atoms with Crippen LogP contribution in [0.2, 0.25) is 0 Å². The molecule has 2 rings (SSSR count). The van der Waals surface area contributed by atoms with Gasteiger partial charge in [0.1, 0.15) is 5.75 Å². The highest BCUT2D eigenvalue weighted by Gasteiger charge is 2.16. The molecule has 1 heterocycles. The van der Waals surface area contributed by atoms with E-state index in [0.29, 0.717) is 18.3 Å². The molecule has 1 aromatic rings. The Balaban J connectivity index is 2.13. The number of methoxy groups -OCH3 is 1. The van der Waals surface area contributed by atoms with Gasteiger partial charge in [0, 0.05) is 19.2 Å². The van der Waals surface area contributed by atoms with Crippen LogP contribution in [-0.2, 0) is 11.3 Å². The number of hydrogen-bond donors (Lipinski definition) is 2. The molecule has 1 aliphatic rings. The van der Waals surface area contributed by atoms with E-state index < -0.39 is 0 Å². The SMILES string of the molecule is COCc1ccc(C2CCCNC2)cc1O. The zero-order valence-electron chi connectivity index (χ0n) is 9.70. The molecule has 3 heteroatoms. The first-order valence-corrected chi connectivity index (χ1v) is 5.82. The van der Waals surface area contributed by atoms with E-state index in [1.165, 1.54) is 18.4 Å². The third kappa shape index (κ3) is 2.54. The molecule has 0 aromatic heterocycles. The molecule has 1 aliphatic heterocycles. The molecule has 1 unspecified atom stereocenters. The monoisotopic (exact) mass is 221 g/mol. The van der Waals surface area contributed by atoms with Crippen LogP contribution in [0.1, 0.15) is 29.9 Å². The van der Waals surface area contributed by atoms with E-state index in [9.17, 15) is 5.11 Å². The van der Waals surface area contributed by atoms with Crippen LogP contribution < -0.4 is 5.32 Å². The lowest BCUT2D eigenvalue weighted by atomic mass is 9.91. The predicted octanol–water partition coefficient (Wildman–Crippen LogP) is 2.01. The van der Waals surface area contributed by atoms with Crippen LogP contribution in [0, 0.1) is 0 Å². The molecular formula is C13H19NO2. The highest BCUT2D eigenvalue weighted by Crippen LogP contribution is 2.28. The fourth-order valence-corrected chi connectivity index (χ4v) is 2.25. The van der Waals surface area contributed by atoms with Crippen molar-refractivity contribution in [1.82, 2.24) is 5.32 Å². The van der Waals surface area contributed by atoms with Crippen molar-refractivity contribution in [3.63, 3.8) is 0 Å². The Morgan fingerprint density at radius 3 is 3.00 bits per heavy atom. The van der Waals surface area contributed by atoms with Gasteiger partial charge in [-0.3, -0.25) is 0 Å². The summed E-state index contributed by atoms with van der Waals surface area (Å²) in [5, 5.41) is 13.2. The Labute approximate surface area is 96.4 Å². The summed E-state index contributed by atoms with van der Waals surface area (Å²) in [5.41, 5.74) is 2.08. The minimum absolute atomic E-state index is 0.352. The lowest BCUT2D eigenvalue weighted by Crippen LogP contribution is -2.28. The van der Waals surface area contributed by atoms with E-state index in [-0.39, 0.29) is 0 Å². The molecule has 0 spiro atoms. The number of phenols is 1. The number of ether oxygens (including phenoxy) is 1. The minimum Gasteiger partial charge on any atom is -0.508 e. The van der Waals surface area contributed by atoms with E-state index in [0.717, 1.165) is 18.7 Å². The Bertz CT molecular complexity index is 346. The molecule has 1 aromatic carbocycles. The average Bonchev–Trinajstić information content (AvgIpc) is 2.33. The summed E-state index contributed by atoms with van der Waals surface area (Å²) in [6, 6.07) is 5.94. The third-order valence-electron chi connectivity index (χ3n) is 3.18. The number of phenolic OH excluding ortho intramolecular Hbond substituents is 1. The molecule has 3 nitrogen and oxygen atoms in total. The van der Waals surface area contributed by atoms with Crippen molar-refractivity contribution in [1.29, 1.82) is 0 Å². The van der Waals surface area contributed by atoms with E-state index in [1.54, 1.807) is 7.11 Å². The molecule has 0 radical (unpaired) electrons. The number of nitrogens with one attached hydrogen (secondary N) is 1. The van der Waals surface area contributed by atoms with Gasteiger partial charge in [-0.25, -0.2) is 0 Å². The molecule has 0 bridgehead atoms. The first-order chi connectivity index (χ1) is 7.81. The first-order valence-electron chi connectivity index (χ1n) is 5.82. The van der Waals surface area contributed by atoms with Gasteiger partial charge in [-0.2, -0.15) is 0 Å². The maximum Gasteiger partial charge on any atom is 0.121 e. The van der Waals surface area contributed by atoms with E-state index >= 15 is 0 Å². The second kappa shape index (κ2) is 5.32. The Kier molecular flexibility index (Phi) is 3.80. The predicted molar refractivity (Wildman–Crippen MR) is 63.7 cm³/mol. The fraction of sp³-hybridized carbons (Fsp3) is 0.538. The van der Waals surface area contributed by atoms with Crippen molar-refractivity contribution < 1.29 is 9.84 Å². The fourth-order valence-electron chi connectivity index (χ4n) is 2.25. The minimum atomic E-state index is 0.352. The van der Waals surface area contributed by atoms with Crippen LogP contribution in [-0.4, -0.2) is 25.3 Å². The molecule has 2 N–H and O–H groups in total. The molecule has 1 saturated heterocycles. The molecule has 0 amide bonds. The average molecular weight is 221 g/mol. The van der Waals surface area contributed by atoms with Crippen LogP contribution >= 0.6 is 0 Å². The maximum absolute atomic E-state index is 9.85. The zero-order valence-corrected chi connectivity index (χ0v) is 9.70. The highest BCUT2D eigenvalue weighted by atomic mass is 16.5. The van der Waals surface area contributed by atoms with Crippen molar-refractivity contribution >= 4 is 0 Å². The number of rotatable bonds is 3. The van der Waals surface area contributed by atoms with Crippen LogP contribution in [0.5, 0.6) is 5.75 Å². The molecule has 0 aliphatic carbocycles. The van der Waals surface area contributed by atoms with Gasteiger partial charge in [0.2, 0.25) is 0 Å². The third-order valence-corrected chi connectivity index (χ3v) is 3.18. The van der Waals surface area contributed by atoms with E-state index in [1.807, 2.05) is 12.1 Å². The molecule has 1 fully saturated rings. The van der Waals surface area contributed by atoms with Gasteiger partial charge in [-0.15, -0.1) is 0 Å². The lowest BCUT2D eigenvalue weighted by Gasteiger charge is -2.23. The number of hydrogen-bond acceptors (Lipinski definition) is 3. The van der Waals surface area contributed by atoms with Crippen LogP contribution in [0.3, 0.4) is 0 Å². The molecule has 0 saturated carbocycles. The Hall–Kier alpha value is -1.06. The molecule has 1 atom stereocenters. The standard InChI is InChI=1S/C13H19NO2/c1-16-9-12-5-4-10(7-13(12)15)11-3-2-6-14-8-11/h4-5,7,11,14-15H,2-3,6,8-9H2,1H3. The van der Waals surface area contributed by atoms with Gasteiger partial charge in [-0.05, 0) is 36.9 Å². The van der Waals surface area contributed by atoms with Crippen LogP contribution in [0.25, 0.3) is 0 Å². The topological polar surface area (TPSA) is 41.5 Å². The largest absolute Gasteiger partial charge is 0.508 e. The van der Waals surface area contributed by atoms with E-state index in [2.05, 4.69) is 11.4 Å². The highest BCUT2D eigenvalue weighted by molar-refractivity contribution is 5.37. The van der Waals surface area contributed by atoms with Crippen molar-refractivity contribution in [2.75, 3.05) is 20.2 Å². The summed E-state index contributed by atoms with van der Waals surface area (Å²) >= 11 is 0. The van der Waals surface area contributed by atoms with E-state index in [4.69, 9.17) is 4.74 Å². The molecule has 88 valence electrons. The summed E-state index contributed by atoms with van der Waals surface area (Å²) < 4.78 is 5.02. The lowest BCUT2D eigenvalue weighted by molar-refractivity contribution is 0.182. The second-order valence-corrected chi connectivity index (χ2v) is 4.36.